The van der Waals surface area contributed by atoms with Crippen LogP contribution in [0.4, 0.5) is 0 Å². The molecule has 0 fully saturated rings. The molecule has 0 spiro atoms. The Morgan fingerprint density at radius 3 is 2.36 bits per heavy atom. The average Bonchev–Trinajstić information content (AvgIpc) is 2.04. The van der Waals surface area contributed by atoms with E-state index in [0.717, 1.165) is 12.8 Å². The normalized spacial score (nSPS) is 14.1. The first-order valence-electron chi connectivity index (χ1n) is 5.36. The first-order valence-corrected chi connectivity index (χ1v) is 5.36. The Balaban J connectivity index is 3.95. The van der Waals surface area contributed by atoms with Gasteiger partial charge in [-0.15, -0.1) is 0 Å². The van der Waals surface area contributed by atoms with Crippen LogP contribution >= 0.6 is 0 Å². The van der Waals surface area contributed by atoms with Crippen molar-refractivity contribution in [3.63, 3.8) is 0 Å². The molecule has 0 aromatic rings. The quantitative estimate of drug-likeness (QED) is 0.643. The van der Waals surface area contributed by atoms with Gasteiger partial charge in [0.05, 0.1) is 0 Å². The molecule has 0 heterocycles. The number of Topliss-reactive ketones (excluding diaryl/α,β-unsaturated/α-hetero) is 1. The molecule has 14 heavy (non-hydrogen) atoms. The molecule has 0 bridgehead atoms. The summed E-state index contributed by atoms with van der Waals surface area (Å²) in [5.41, 5.74) is 2.91. The van der Waals surface area contributed by atoms with Crippen LogP contribution in [0.25, 0.3) is 0 Å². The van der Waals surface area contributed by atoms with Gasteiger partial charge >= 0.3 is 0 Å². The second-order valence-corrected chi connectivity index (χ2v) is 4.36. The Labute approximate surface area is 87.2 Å². The van der Waals surface area contributed by atoms with E-state index in [1.807, 2.05) is 6.92 Å². The van der Waals surface area contributed by atoms with Gasteiger partial charge in [-0.2, -0.15) is 5.48 Å². The zero-order valence-electron chi connectivity index (χ0n) is 10.0. The van der Waals surface area contributed by atoms with Crippen LogP contribution in [-0.4, -0.2) is 17.4 Å². The molecule has 0 aliphatic rings. The summed E-state index contributed by atoms with van der Waals surface area (Å²) in [7, 11) is 0. The van der Waals surface area contributed by atoms with Crippen molar-refractivity contribution >= 4 is 5.78 Å². The Hall–Kier alpha value is -0.410. The van der Waals surface area contributed by atoms with Gasteiger partial charge in [-0.3, -0.25) is 9.63 Å². The highest BCUT2D eigenvalue weighted by atomic mass is 16.7. The summed E-state index contributed by atoms with van der Waals surface area (Å²) in [5.74, 6) is 0.0762. The lowest BCUT2D eigenvalue weighted by Crippen LogP contribution is -2.42. The molecule has 3 heteroatoms. The van der Waals surface area contributed by atoms with E-state index in [0.29, 0.717) is 6.42 Å². The molecule has 0 aromatic heterocycles. The van der Waals surface area contributed by atoms with Gasteiger partial charge < -0.3 is 0 Å². The molecular formula is C11H23NO2. The van der Waals surface area contributed by atoms with Crippen LogP contribution in [0.2, 0.25) is 0 Å². The first-order chi connectivity index (χ1) is 6.43. The summed E-state index contributed by atoms with van der Waals surface area (Å²) in [4.78, 5) is 16.5. The summed E-state index contributed by atoms with van der Waals surface area (Å²) in [6, 6.07) is 0. The summed E-state index contributed by atoms with van der Waals surface area (Å²) in [5, 5.41) is 0. The van der Waals surface area contributed by atoms with Gasteiger partial charge in [0.25, 0.3) is 0 Å². The maximum Gasteiger partial charge on any atom is 0.160 e. The number of nitrogens with one attached hydrogen (secondary N) is 1. The molecule has 0 aliphatic heterocycles. The van der Waals surface area contributed by atoms with E-state index in [4.69, 9.17) is 4.84 Å². The third-order valence-electron chi connectivity index (χ3n) is 2.18. The van der Waals surface area contributed by atoms with Gasteiger partial charge in [0.15, 0.2) is 5.78 Å². The van der Waals surface area contributed by atoms with E-state index in [-0.39, 0.29) is 17.4 Å². The van der Waals surface area contributed by atoms with Gasteiger partial charge in [-0.25, -0.2) is 0 Å². The second-order valence-electron chi connectivity index (χ2n) is 4.36. The van der Waals surface area contributed by atoms with Crippen LogP contribution in [-0.2, 0) is 9.63 Å². The Bertz CT molecular complexity index is 178. The number of rotatable bonds is 7. The lowest BCUT2D eigenvalue weighted by Gasteiger charge is -2.27. The predicted molar refractivity (Wildman–Crippen MR) is 58.0 cm³/mol. The number of carbonyl (C=O) groups is 1. The molecule has 0 saturated carbocycles. The maximum absolute atomic E-state index is 11.1. The van der Waals surface area contributed by atoms with Crippen LogP contribution in [0, 0.1) is 0 Å². The highest BCUT2D eigenvalue weighted by Gasteiger charge is 2.20. The van der Waals surface area contributed by atoms with Crippen molar-refractivity contribution in [2.45, 2.75) is 65.5 Å². The minimum atomic E-state index is -0.314. The van der Waals surface area contributed by atoms with E-state index >= 15 is 0 Å². The minimum Gasteiger partial charge on any atom is -0.297 e. The van der Waals surface area contributed by atoms with Gasteiger partial charge in [0, 0.05) is 5.54 Å². The van der Waals surface area contributed by atoms with E-state index in [1.54, 1.807) is 6.92 Å². The Morgan fingerprint density at radius 2 is 2.00 bits per heavy atom. The topological polar surface area (TPSA) is 38.3 Å². The van der Waals surface area contributed by atoms with Crippen LogP contribution < -0.4 is 5.48 Å². The van der Waals surface area contributed by atoms with Crippen molar-refractivity contribution < 1.29 is 9.63 Å². The molecule has 0 aromatic carbocycles. The molecule has 0 radical (unpaired) electrons. The average molecular weight is 201 g/mol. The fraction of sp³-hybridized carbons (Fsp3) is 0.909. The fourth-order valence-electron chi connectivity index (χ4n) is 1.36. The van der Waals surface area contributed by atoms with Crippen molar-refractivity contribution in [1.82, 2.24) is 5.48 Å². The Morgan fingerprint density at radius 1 is 1.43 bits per heavy atom. The molecular weight excluding hydrogens is 178 g/mol. The molecule has 3 nitrogen and oxygen atoms in total. The number of hydrogen-bond donors (Lipinski definition) is 1. The number of ketones is 1. The SMILES string of the molecule is CCCC(C)(C)NOC(CC)C(C)=O. The smallest absolute Gasteiger partial charge is 0.160 e. The predicted octanol–water partition coefficient (Wildman–Crippen LogP) is 2.45. The lowest BCUT2D eigenvalue weighted by atomic mass is 10.0. The molecule has 0 amide bonds. The summed E-state index contributed by atoms with van der Waals surface area (Å²) < 4.78 is 0. The fourth-order valence-corrected chi connectivity index (χ4v) is 1.36. The van der Waals surface area contributed by atoms with Crippen LogP contribution in [0.5, 0.6) is 0 Å². The summed E-state index contributed by atoms with van der Waals surface area (Å²) in [6.45, 7) is 9.78. The number of hydroxylamine groups is 1. The first kappa shape index (κ1) is 13.6. The third-order valence-corrected chi connectivity index (χ3v) is 2.18. The van der Waals surface area contributed by atoms with Crippen molar-refractivity contribution in [3.05, 3.63) is 0 Å². The highest BCUT2D eigenvalue weighted by Crippen LogP contribution is 2.11. The van der Waals surface area contributed by atoms with Gasteiger partial charge in [-0.1, -0.05) is 20.3 Å². The van der Waals surface area contributed by atoms with E-state index in [1.165, 1.54) is 0 Å². The van der Waals surface area contributed by atoms with Gasteiger partial charge in [0.2, 0.25) is 0 Å². The highest BCUT2D eigenvalue weighted by molar-refractivity contribution is 5.80. The standard InChI is InChI=1S/C11H23NO2/c1-6-8-11(4,5)12-14-10(7-2)9(3)13/h10,12H,6-8H2,1-5H3. The van der Waals surface area contributed by atoms with Crippen molar-refractivity contribution in [1.29, 1.82) is 0 Å². The lowest BCUT2D eigenvalue weighted by molar-refractivity contribution is -0.138. The minimum absolute atomic E-state index is 0.0579. The van der Waals surface area contributed by atoms with Crippen molar-refractivity contribution in [2.24, 2.45) is 0 Å². The van der Waals surface area contributed by atoms with Crippen molar-refractivity contribution in [3.8, 4) is 0 Å². The molecule has 0 rings (SSSR count). The molecule has 0 aliphatic carbocycles. The van der Waals surface area contributed by atoms with Gasteiger partial charge in [-0.05, 0) is 33.6 Å². The molecule has 1 atom stereocenters. The van der Waals surface area contributed by atoms with Crippen molar-refractivity contribution in [2.75, 3.05) is 0 Å². The zero-order chi connectivity index (χ0) is 11.2. The largest absolute Gasteiger partial charge is 0.297 e. The van der Waals surface area contributed by atoms with Gasteiger partial charge in [0.1, 0.15) is 6.10 Å². The molecule has 1 N–H and O–H groups in total. The molecule has 0 saturated heterocycles. The van der Waals surface area contributed by atoms with E-state index in [2.05, 4.69) is 26.3 Å². The Kier molecular flexibility index (Phi) is 5.96. The molecule has 1 unspecified atom stereocenters. The van der Waals surface area contributed by atoms with E-state index < -0.39 is 0 Å². The maximum atomic E-state index is 11.1. The molecule has 84 valence electrons. The summed E-state index contributed by atoms with van der Waals surface area (Å²) in [6.07, 6.45) is 2.53. The van der Waals surface area contributed by atoms with Crippen LogP contribution in [0.15, 0.2) is 0 Å². The monoisotopic (exact) mass is 201 g/mol. The second kappa shape index (κ2) is 6.14. The third kappa shape index (κ3) is 5.35. The number of hydrogen-bond acceptors (Lipinski definition) is 3. The van der Waals surface area contributed by atoms with Crippen LogP contribution in [0.3, 0.4) is 0 Å². The zero-order valence-corrected chi connectivity index (χ0v) is 10.0. The number of carbonyl (C=O) groups excluding carboxylic acids is 1. The summed E-state index contributed by atoms with van der Waals surface area (Å²) >= 11 is 0. The van der Waals surface area contributed by atoms with E-state index in [9.17, 15) is 4.79 Å². The van der Waals surface area contributed by atoms with Crippen LogP contribution in [0.1, 0.15) is 53.9 Å².